The summed E-state index contributed by atoms with van der Waals surface area (Å²) in [5.74, 6) is 0.226. The Morgan fingerprint density at radius 2 is 1.88 bits per heavy atom. The van der Waals surface area contributed by atoms with Crippen LogP contribution in [-0.4, -0.2) is 63.8 Å². The van der Waals surface area contributed by atoms with E-state index in [4.69, 9.17) is 9.47 Å². The predicted molar refractivity (Wildman–Crippen MR) is 124 cm³/mol. The Hall–Kier alpha value is -3.52. The van der Waals surface area contributed by atoms with E-state index in [1.807, 2.05) is 43.3 Å². The Morgan fingerprint density at radius 3 is 2.59 bits per heavy atom. The molecule has 0 bridgehead atoms. The third-order valence-electron chi connectivity index (χ3n) is 5.91. The maximum absolute atomic E-state index is 12.9. The molecule has 1 amide bonds. The summed E-state index contributed by atoms with van der Waals surface area (Å²) in [5.41, 5.74) is 3.64. The summed E-state index contributed by atoms with van der Waals surface area (Å²) in [6, 6.07) is 13.8. The monoisotopic (exact) mass is 437 g/mol. The van der Waals surface area contributed by atoms with Gasteiger partial charge in [-0.3, -0.25) is 4.79 Å². The molecular formula is C24H29N4O4+. The molecule has 0 aliphatic carbocycles. The molecule has 8 nitrogen and oxygen atoms in total. The van der Waals surface area contributed by atoms with Gasteiger partial charge >= 0.3 is 5.97 Å². The number of carbonyl (C=O) groups excluding carboxylic acids is 2. The zero-order valence-corrected chi connectivity index (χ0v) is 18.7. The smallest absolute Gasteiger partial charge is 0.356 e. The predicted octanol–water partition coefficient (Wildman–Crippen LogP) is 1.62. The van der Waals surface area contributed by atoms with E-state index in [-0.39, 0.29) is 11.6 Å². The fourth-order valence-corrected chi connectivity index (χ4v) is 4.23. The van der Waals surface area contributed by atoms with Gasteiger partial charge in [-0.1, -0.05) is 23.8 Å². The van der Waals surface area contributed by atoms with Gasteiger partial charge in [0.15, 0.2) is 6.54 Å². The Morgan fingerprint density at radius 1 is 1.12 bits per heavy atom. The number of carbonyl (C=O) groups is 2. The minimum atomic E-state index is -0.507. The van der Waals surface area contributed by atoms with Crippen LogP contribution in [0.15, 0.2) is 42.5 Å². The number of para-hydroxylation sites is 2. The molecule has 3 aromatic rings. The molecule has 1 aliphatic heterocycles. The molecule has 1 fully saturated rings. The second-order valence-electron chi connectivity index (χ2n) is 8.05. The van der Waals surface area contributed by atoms with E-state index in [1.165, 1.54) is 12.0 Å². The van der Waals surface area contributed by atoms with Gasteiger partial charge in [0.25, 0.3) is 5.91 Å². The molecule has 168 valence electrons. The minimum Gasteiger partial charge on any atom is -0.495 e. The highest BCUT2D eigenvalue weighted by Gasteiger charge is 2.26. The number of nitrogens with one attached hydrogen (secondary N) is 3. The lowest BCUT2D eigenvalue weighted by Gasteiger charge is -2.34. The molecule has 32 heavy (non-hydrogen) atoms. The first-order valence-corrected chi connectivity index (χ1v) is 10.7. The van der Waals surface area contributed by atoms with Crippen LogP contribution in [-0.2, 0) is 9.53 Å². The fourth-order valence-electron chi connectivity index (χ4n) is 4.23. The molecule has 3 N–H and O–H groups in total. The minimum absolute atomic E-state index is 0.127. The van der Waals surface area contributed by atoms with Crippen LogP contribution in [0.4, 0.5) is 11.4 Å². The number of anilines is 2. The molecule has 2 heterocycles. The maximum atomic E-state index is 12.9. The van der Waals surface area contributed by atoms with Crippen molar-refractivity contribution in [1.82, 2.24) is 4.98 Å². The van der Waals surface area contributed by atoms with Gasteiger partial charge in [-0.15, -0.1) is 0 Å². The van der Waals surface area contributed by atoms with E-state index in [2.05, 4.69) is 21.3 Å². The van der Waals surface area contributed by atoms with Crippen LogP contribution in [0.5, 0.6) is 5.75 Å². The number of aromatic amines is 1. The number of nitrogens with zero attached hydrogens (tertiary/aromatic N) is 1. The topological polar surface area (TPSA) is 88.1 Å². The van der Waals surface area contributed by atoms with E-state index < -0.39 is 5.97 Å². The van der Waals surface area contributed by atoms with Gasteiger partial charge in [0, 0.05) is 10.9 Å². The van der Waals surface area contributed by atoms with Gasteiger partial charge < -0.3 is 29.6 Å². The van der Waals surface area contributed by atoms with Crippen molar-refractivity contribution >= 4 is 34.2 Å². The number of H-pyrrole nitrogens is 1. The fraction of sp³-hybridized carbons (Fsp3) is 0.333. The molecule has 0 spiro atoms. The van der Waals surface area contributed by atoms with Gasteiger partial charge in [-0.2, -0.15) is 0 Å². The molecule has 0 atom stereocenters. The number of benzene rings is 2. The number of rotatable bonds is 6. The third-order valence-corrected chi connectivity index (χ3v) is 5.91. The second-order valence-corrected chi connectivity index (χ2v) is 8.05. The lowest BCUT2D eigenvalue weighted by molar-refractivity contribution is -0.892. The van der Waals surface area contributed by atoms with Crippen LogP contribution < -0.4 is 19.9 Å². The van der Waals surface area contributed by atoms with E-state index in [0.717, 1.165) is 54.1 Å². The van der Waals surface area contributed by atoms with Crippen LogP contribution in [0.1, 0.15) is 16.1 Å². The van der Waals surface area contributed by atoms with Gasteiger partial charge in [0.2, 0.25) is 0 Å². The molecule has 1 aromatic heterocycles. The summed E-state index contributed by atoms with van der Waals surface area (Å²) in [6.07, 6.45) is 0. The quantitative estimate of drug-likeness (QED) is 0.510. The van der Waals surface area contributed by atoms with Crippen molar-refractivity contribution in [2.24, 2.45) is 0 Å². The molecule has 4 rings (SSSR count). The van der Waals surface area contributed by atoms with Crippen molar-refractivity contribution in [3.05, 3.63) is 53.7 Å². The van der Waals surface area contributed by atoms with E-state index >= 15 is 0 Å². The van der Waals surface area contributed by atoms with Crippen molar-refractivity contribution in [3.8, 4) is 5.75 Å². The van der Waals surface area contributed by atoms with Gasteiger partial charge in [-0.25, -0.2) is 4.79 Å². The summed E-state index contributed by atoms with van der Waals surface area (Å²) < 4.78 is 10.4. The molecule has 0 radical (unpaired) electrons. The summed E-state index contributed by atoms with van der Waals surface area (Å²) in [7, 11) is 3.01. The lowest BCUT2D eigenvalue weighted by Crippen LogP contribution is -3.15. The SMILES string of the molecule is COC(=O)c1[nH]c2ccc(C)cc2c1NC(=O)C[NH+]1CCN(c2ccccc2OC)CC1. The number of hydrogen-bond acceptors (Lipinski definition) is 5. The van der Waals surface area contributed by atoms with Crippen LogP contribution in [0.3, 0.4) is 0 Å². The van der Waals surface area contributed by atoms with Gasteiger partial charge in [-0.05, 0) is 31.2 Å². The maximum Gasteiger partial charge on any atom is 0.356 e. The third kappa shape index (κ3) is 4.40. The van der Waals surface area contributed by atoms with Gasteiger partial charge in [0.05, 0.1) is 51.8 Å². The Balaban J connectivity index is 1.43. The number of fused-ring (bicyclic) bond motifs is 1. The molecular weight excluding hydrogens is 408 g/mol. The van der Waals surface area contributed by atoms with Gasteiger partial charge in [0.1, 0.15) is 11.4 Å². The normalized spacial score (nSPS) is 14.4. The van der Waals surface area contributed by atoms with E-state index in [9.17, 15) is 9.59 Å². The summed E-state index contributed by atoms with van der Waals surface area (Å²) in [6.45, 7) is 5.65. The molecule has 1 saturated heterocycles. The zero-order chi connectivity index (χ0) is 22.7. The average Bonchev–Trinajstić information content (AvgIpc) is 3.16. The Kier molecular flexibility index (Phi) is 6.32. The number of amides is 1. The zero-order valence-electron chi connectivity index (χ0n) is 18.7. The van der Waals surface area contributed by atoms with Crippen molar-refractivity contribution in [1.29, 1.82) is 0 Å². The highest BCUT2D eigenvalue weighted by atomic mass is 16.5. The number of aryl methyl sites for hydroxylation is 1. The van der Waals surface area contributed by atoms with Crippen molar-refractivity contribution in [3.63, 3.8) is 0 Å². The summed E-state index contributed by atoms with van der Waals surface area (Å²) in [4.78, 5) is 31.7. The number of piperazine rings is 1. The second kappa shape index (κ2) is 9.32. The number of esters is 1. The first-order chi connectivity index (χ1) is 15.5. The van der Waals surface area contributed by atoms with Crippen LogP contribution >= 0.6 is 0 Å². The van der Waals surface area contributed by atoms with Crippen molar-refractivity contribution in [2.45, 2.75) is 6.92 Å². The molecule has 1 aliphatic rings. The molecule has 2 aromatic carbocycles. The summed E-state index contributed by atoms with van der Waals surface area (Å²) >= 11 is 0. The van der Waals surface area contributed by atoms with Crippen LogP contribution in [0.2, 0.25) is 0 Å². The van der Waals surface area contributed by atoms with Crippen LogP contribution in [0.25, 0.3) is 10.9 Å². The van der Waals surface area contributed by atoms with E-state index in [1.54, 1.807) is 7.11 Å². The number of quaternary nitrogens is 1. The molecule has 0 unspecified atom stereocenters. The van der Waals surface area contributed by atoms with Crippen molar-refractivity contribution in [2.75, 3.05) is 57.2 Å². The Labute approximate surface area is 187 Å². The highest BCUT2D eigenvalue weighted by Crippen LogP contribution is 2.29. The first kappa shape index (κ1) is 21.7. The standard InChI is InChI=1S/C24H28N4O4/c1-16-8-9-18-17(14-16)22(23(25-18)24(30)32-3)26-21(29)15-27-10-12-28(13-11-27)19-6-4-5-7-20(19)31-2/h4-9,14,25H,10-13,15H2,1-3H3,(H,26,29)/p+1. The summed E-state index contributed by atoms with van der Waals surface area (Å²) in [5, 5.41) is 3.76. The van der Waals surface area contributed by atoms with Crippen LogP contribution in [0, 0.1) is 6.92 Å². The highest BCUT2D eigenvalue weighted by molar-refractivity contribution is 6.11. The number of methoxy groups -OCH3 is 2. The van der Waals surface area contributed by atoms with Crippen molar-refractivity contribution < 1.29 is 24.0 Å². The molecule has 0 saturated carbocycles. The van der Waals surface area contributed by atoms with E-state index in [0.29, 0.717) is 12.2 Å². The first-order valence-electron chi connectivity index (χ1n) is 10.7. The Bertz CT molecular complexity index is 1130. The molecule has 8 heteroatoms. The number of aromatic nitrogens is 1. The average molecular weight is 438 g/mol. The number of hydrogen-bond donors (Lipinski definition) is 3. The largest absolute Gasteiger partial charge is 0.495 e. The number of ether oxygens (including phenoxy) is 2. The lowest BCUT2D eigenvalue weighted by atomic mass is 10.1.